The molecule has 0 spiro atoms. The Labute approximate surface area is 123 Å². The van der Waals surface area contributed by atoms with E-state index in [4.69, 9.17) is 0 Å². The summed E-state index contributed by atoms with van der Waals surface area (Å²) in [6, 6.07) is 14.8. The van der Waals surface area contributed by atoms with Crippen LogP contribution in [-0.4, -0.2) is 26.5 Å². The van der Waals surface area contributed by atoms with Gasteiger partial charge in [0.05, 0.1) is 0 Å². The molecule has 0 aliphatic rings. The maximum Gasteiger partial charge on any atom is 0.205 e. The maximum atomic E-state index is 10.7. The van der Waals surface area contributed by atoms with Gasteiger partial charge in [0.1, 0.15) is 12.0 Å². The highest BCUT2D eigenvalue weighted by Gasteiger charge is 2.09. The zero-order valence-electron chi connectivity index (χ0n) is 10.3. The number of halogens is 1. The average molecular weight is 329 g/mol. The quantitative estimate of drug-likeness (QED) is 0.693. The number of carbonyl (C=O) groups is 1. The molecule has 3 aromatic rings. The molecule has 0 saturated heterocycles. The van der Waals surface area contributed by atoms with Crippen LogP contribution in [0.4, 0.5) is 0 Å². The smallest absolute Gasteiger partial charge is 0.205 e. The van der Waals surface area contributed by atoms with Crippen LogP contribution in [-0.2, 0) is 0 Å². The first-order chi connectivity index (χ1) is 9.78. The van der Waals surface area contributed by atoms with Crippen LogP contribution in [0.15, 0.2) is 53.0 Å². The molecule has 1 aromatic heterocycles. The minimum absolute atomic E-state index is 0.553. The second kappa shape index (κ2) is 5.34. The average Bonchev–Trinajstić information content (AvgIpc) is 2.97. The van der Waals surface area contributed by atoms with Gasteiger partial charge < -0.3 is 0 Å². The number of carbonyl (C=O) groups excluding carboxylic acids is 1. The maximum absolute atomic E-state index is 10.7. The Hall–Kier alpha value is -2.34. The van der Waals surface area contributed by atoms with E-state index < -0.39 is 0 Å². The highest BCUT2D eigenvalue weighted by Crippen LogP contribution is 2.21. The Kier molecular flexibility index (Phi) is 3.39. The Morgan fingerprint density at radius 2 is 1.90 bits per heavy atom. The van der Waals surface area contributed by atoms with Crippen molar-refractivity contribution >= 4 is 22.2 Å². The third kappa shape index (κ3) is 2.37. The molecule has 98 valence electrons. The summed E-state index contributed by atoms with van der Waals surface area (Å²) in [7, 11) is 0. The van der Waals surface area contributed by atoms with Crippen molar-refractivity contribution in [2.45, 2.75) is 0 Å². The van der Waals surface area contributed by atoms with Gasteiger partial charge in [-0.2, -0.15) is 0 Å². The van der Waals surface area contributed by atoms with Gasteiger partial charge in [0.15, 0.2) is 0 Å². The predicted octanol–water partition coefficient (Wildman–Crippen LogP) is 2.90. The summed E-state index contributed by atoms with van der Waals surface area (Å²) in [5, 5.41) is 12.4. The molecule has 0 aliphatic carbocycles. The van der Waals surface area contributed by atoms with Crippen LogP contribution in [0.1, 0.15) is 10.4 Å². The molecule has 0 saturated carbocycles. The lowest BCUT2D eigenvalue weighted by molar-refractivity contribution is 0.112. The predicted molar refractivity (Wildman–Crippen MR) is 77.7 cm³/mol. The summed E-state index contributed by atoms with van der Waals surface area (Å²) < 4.78 is 0.735. The van der Waals surface area contributed by atoms with Crippen molar-refractivity contribution in [1.29, 1.82) is 0 Å². The van der Waals surface area contributed by atoms with E-state index >= 15 is 0 Å². The van der Waals surface area contributed by atoms with Gasteiger partial charge in [-0.15, -0.1) is 15.0 Å². The Morgan fingerprint density at radius 3 is 2.60 bits per heavy atom. The molecule has 20 heavy (non-hydrogen) atoms. The fourth-order valence-corrected chi connectivity index (χ4v) is 2.33. The van der Waals surface area contributed by atoms with Gasteiger partial charge in [0.2, 0.25) is 5.82 Å². The molecule has 0 atom stereocenters. The molecule has 2 aromatic carbocycles. The van der Waals surface area contributed by atoms with Crippen LogP contribution < -0.4 is 0 Å². The molecule has 1 heterocycles. The van der Waals surface area contributed by atoms with Gasteiger partial charge in [0.25, 0.3) is 0 Å². The summed E-state index contributed by atoms with van der Waals surface area (Å²) in [5.41, 5.74) is 2.22. The number of hydrogen-bond donors (Lipinski definition) is 0. The molecule has 0 amide bonds. The molecular formula is C14H9BrN4O. The fraction of sp³-hybridized carbons (Fsp3) is 0. The van der Waals surface area contributed by atoms with Crippen molar-refractivity contribution in [2.75, 3.05) is 0 Å². The third-order valence-electron chi connectivity index (χ3n) is 2.77. The zero-order valence-corrected chi connectivity index (χ0v) is 11.9. The van der Waals surface area contributed by atoms with Crippen LogP contribution in [0.3, 0.4) is 0 Å². The largest absolute Gasteiger partial charge is 0.298 e. The van der Waals surface area contributed by atoms with E-state index in [9.17, 15) is 4.79 Å². The van der Waals surface area contributed by atoms with Crippen molar-refractivity contribution in [3.63, 3.8) is 0 Å². The Bertz CT molecular complexity index is 755. The lowest BCUT2D eigenvalue weighted by atomic mass is 10.2. The van der Waals surface area contributed by atoms with Crippen LogP contribution in [0.25, 0.3) is 17.1 Å². The van der Waals surface area contributed by atoms with Crippen molar-refractivity contribution in [3.8, 4) is 17.1 Å². The molecule has 3 rings (SSSR count). The van der Waals surface area contributed by atoms with Crippen molar-refractivity contribution in [3.05, 3.63) is 58.6 Å². The van der Waals surface area contributed by atoms with Crippen LogP contribution in [0.2, 0.25) is 0 Å². The SMILES string of the molecule is O=Cc1ccc(-n2nnc(-c3ccccc3)n2)c(Br)c1. The standard InChI is InChI=1S/C14H9BrN4O/c15-12-8-10(9-20)6-7-13(12)19-17-14(16-18-19)11-4-2-1-3-5-11/h1-9H. The lowest BCUT2D eigenvalue weighted by Crippen LogP contribution is -2.00. The highest BCUT2D eigenvalue weighted by atomic mass is 79.9. The highest BCUT2D eigenvalue weighted by molar-refractivity contribution is 9.10. The summed E-state index contributed by atoms with van der Waals surface area (Å²) in [6.07, 6.45) is 0.790. The molecule has 0 aliphatic heterocycles. The number of nitrogens with zero attached hydrogens (tertiary/aromatic N) is 4. The van der Waals surface area contributed by atoms with E-state index in [1.807, 2.05) is 30.3 Å². The summed E-state index contributed by atoms with van der Waals surface area (Å²) >= 11 is 3.40. The van der Waals surface area contributed by atoms with E-state index in [2.05, 4.69) is 31.3 Å². The van der Waals surface area contributed by atoms with Gasteiger partial charge in [-0.05, 0) is 39.3 Å². The van der Waals surface area contributed by atoms with Crippen molar-refractivity contribution in [2.24, 2.45) is 0 Å². The summed E-state index contributed by atoms with van der Waals surface area (Å²) in [4.78, 5) is 12.2. The molecule has 0 radical (unpaired) electrons. The van der Waals surface area contributed by atoms with Gasteiger partial charge in [0, 0.05) is 15.6 Å². The Balaban J connectivity index is 2.00. The monoisotopic (exact) mass is 328 g/mol. The summed E-state index contributed by atoms with van der Waals surface area (Å²) in [5.74, 6) is 0.553. The van der Waals surface area contributed by atoms with E-state index in [1.54, 1.807) is 18.2 Å². The van der Waals surface area contributed by atoms with Crippen LogP contribution >= 0.6 is 15.9 Å². The number of tetrazole rings is 1. The van der Waals surface area contributed by atoms with Crippen LogP contribution in [0, 0.1) is 0 Å². The van der Waals surface area contributed by atoms with Gasteiger partial charge in [-0.1, -0.05) is 30.3 Å². The second-order valence-corrected chi connectivity index (χ2v) is 4.95. The fourth-order valence-electron chi connectivity index (χ4n) is 1.78. The molecule has 0 fully saturated rings. The first-order valence-electron chi connectivity index (χ1n) is 5.88. The van der Waals surface area contributed by atoms with Crippen molar-refractivity contribution in [1.82, 2.24) is 20.2 Å². The minimum atomic E-state index is 0.553. The van der Waals surface area contributed by atoms with Gasteiger partial charge in [-0.3, -0.25) is 4.79 Å². The number of rotatable bonds is 3. The zero-order chi connectivity index (χ0) is 13.9. The van der Waals surface area contributed by atoms with E-state index in [-0.39, 0.29) is 0 Å². The van der Waals surface area contributed by atoms with Crippen molar-refractivity contribution < 1.29 is 4.79 Å². The lowest BCUT2D eigenvalue weighted by Gasteiger charge is -2.02. The molecule has 0 bridgehead atoms. The third-order valence-corrected chi connectivity index (χ3v) is 3.40. The first kappa shape index (κ1) is 12.7. The summed E-state index contributed by atoms with van der Waals surface area (Å²) in [6.45, 7) is 0. The molecule has 0 unspecified atom stereocenters. The number of aldehydes is 1. The normalized spacial score (nSPS) is 10.4. The van der Waals surface area contributed by atoms with E-state index in [1.165, 1.54) is 4.80 Å². The first-order valence-corrected chi connectivity index (χ1v) is 6.68. The van der Waals surface area contributed by atoms with Gasteiger partial charge in [-0.25, -0.2) is 0 Å². The van der Waals surface area contributed by atoms with E-state index in [0.717, 1.165) is 22.0 Å². The van der Waals surface area contributed by atoms with Crippen LogP contribution in [0.5, 0.6) is 0 Å². The van der Waals surface area contributed by atoms with E-state index in [0.29, 0.717) is 11.4 Å². The number of hydrogen-bond acceptors (Lipinski definition) is 4. The molecule has 0 N–H and O–H groups in total. The molecule has 5 nitrogen and oxygen atoms in total. The topological polar surface area (TPSA) is 60.7 Å². The number of aromatic nitrogens is 4. The number of benzene rings is 2. The second-order valence-electron chi connectivity index (χ2n) is 4.10. The molecular weight excluding hydrogens is 320 g/mol. The minimum Gasteiger partial charge on any atom is -0.298 e. The molecule has 6 heteroatoms. The Morgan fingerprint density at radius 1 is 1.10 bits per heavy atom. The van der Waals surface area contributed by atoms with Gasteiger partial charge >= 0.3 is 0 Å².